The summed E-state index contributed by atoms with van der Waals surface area (Å²) in [7, 11) is 3.00. The minimum Gasteiger partial charge on any atom is -0.478 e. The van der Waals surface area contributed by atoms with Crippen molar-refractivity contribution in [3.05, 3.63) is 74.9 Å². The van der Waals surface area contributed by atoms with Gasteiger partial charge >= 0.3 is 0 Å². The summed E-state index contributed by atoms with van der Waals surface area (Å²) < 4.78 is 28.5. The molecule has 4 N–H and O–H groups in total. The zero-order chi connectivity index (χ0) is 46.2. The standard InChI is InChI=1S/C28H35ClN6O4.C18H23FN4O3/c1-17(2)35-23-8-7-19(13-18(23)14-24(27(35)37)38-16-25(36)30-3)32-26-22(29)15-31-28(33-26)34-11-9-21(10-12-34)39-20-5-4-6-20;1-20-17(25)15(3-2-10-24)23-11-13-12(18(23)26)4-5-14(16(13)19)22-8-6-21-7-9-22/h7-8,13-15,17,20-21H,4-6,9-12,16H2,1-3H3,(H,30,36)(H,31,32,33);4-5,10,15,21H,2-3,6-9,11H2,1H3,(H,20,25). The summed E-state index contributed by atoms with van der Waals surface area (Å²) in [6.07, 6.45) is 9.02. The van der Waals surface area contributed by atoms with Gasteiger partial charge in [-0.15, -0.1) is 0 Å². The van der Waals surface area contributed by atoms with E-state index in [1.54, 1.807) is 29.0 Å². The van der Waals surface area contributed by atoms with Gasteiger partial charge in [0.05, 0.1) is 36.2 Å². The Morgan fingerprint density at radius 3 is 2.38 bits per heavy atom. The Hall–Kier alpha value is -5.85. The molecule has 3 amide bonds. The Balaban J connectivity index is 0.000000210. The molecule has 1 unspecified atom stereocenters. The molecule has 19 heteroatoms. The highest BCUT2D eigenvalue weighted by Crippen LogP contribution is 2.34. The van der Waals surface area contributed by atoms with Gasteiger partial charge in [0.15, 0.2) is 24.0 Å². The van der Waals surface area contributed by atoms with Crippen LogP contribution in [0.25, 0.3) is 10.9 Å². The number of anilines is 4. The number of pyridine rings is 1. The van der Waals surface area contributed by atoms with Crippen LogP contribution in [-0.2, 0) is 25.7 Å². The minimum absolute atomic E-state index is 0.0386. The Bertz CT molecular complexity index is 2440. The molecule has 5 heterocycles. The average Bonchev–Trinajstić information content (AvgIpc) is 3.64. The maximum Gasteiger partial charge on any atom is 0.293 e. The number of likely N-dealkylation sites (N-methyl/N-ethyl adjacent to an activating group) is 2. The van der Waals surface area contributed by atoms with E-state index in [1.165, 1.54) is 38.3 Å². The van der Waals surface area contributed by atoms with Gasteiger partial charge in [0.1, 0.15) is 17.4 Å². The van der Waals surface area contributed by atoms with Crippen LogP contribution in [0.2, 0.25) is 5.02 Å². The SMILES string of the molecule is CNC(=O)C(CCC=O)N1Cc2c(ccc(N3CCNCC3)c2F)C1=O.CNC(=O)COc1cc2cc(Nc3nc(N4CCC(OC5CCC5)CC4)ncc3Cl)ccc2n(C(C)C)c1=O. The number of ether oxygens (including phenoxy) is 2. The van der Waals surface area contributed by atoms with Gasteiger partial charge in [-0.2, -0.15) is 4.98 Å². The monoisotopic (exact) mass is 916 g/mol. The third-order valence-corrected chi connectivity index (χ3v) is 12.6. The highest BCUT2D eigenvalue weighted by atomic mass is 35.5. The number of nitrogens with one attached hydrogen (secondary N) is 4. The van der Waals surface area contributed by atoms with Crippen molar-refractivity contribution >= 4 is 69.7 Å². The van der Waals surface area contributed by atoms with Crippen molar-refractivity contribution < 1.29 is 33.0 Å². The van der Waals surface area contributed by atoms with Gasteiger partial charge in [-0.3, -0.25) is 19.2 Å². The van der Waals surface area contributed by atoms with E-state index in [0.29, 0.717) is 65.2 Å². The van der Waals surface area contributed by atoms with Crippen molar-refractivity contribution in [3.63, 3.8) is 0 Å². The fraction of sp³-hybridized carbons (Fsp3) is 0.500. The second-order valence-electron chi connectivity index (χ2n) is 16.8. The third kappa shape index (κ3) is 10.8. The number of amides is 3. The first kappa shape index (κ1) is 47.1. The maximum absolute atomic E-state index is 15.1. The number of fused-ring (bicyclic) bond motifs is 2. The number of hydrogen-bond donors (Lipinski definition) is 4. The number of carbonyl (C=O) groups excluding carboxylic acids is 4. The van der Waals surface area contributed by atoms with E-state index >= 15 is 4.39 Å². The molecule has 2 aromatic heterocycles. The van der Waals surface area contributed by atoms with E-state index in [0.717, 1.165) is 55.6 Å². The number of rotatable bonds is 15. The summed E-state index contributed by atoms with van der Waals surface area (Å²) in [5.74, 6) is -0.188. The second kappa shape index (κ2) is 21.4. The van der Waals surface area contributed by atoms with Crippen LogP contribution in [0.15, 0.2) is 47.4 Å². The number of halogens is 2. The number of carbonyl (C=O) groups is 4. The molecule has 0 radical (unpaired) electrons. The van der Waals surface area contributed by atoms with Gasteiger partial charge in [0.2, 0.25) is 11.9 Å². The van der Waals surface area contributed by atoms with Gasteiger partial charge in [0.25, 0.3) is 17.4 Å². The summed E-state index contributed by atoms with van der Waals surface area (Å²) in [5.41, 5.74) is 2.33. The average molecular weight is 917 g/mol. The summed E-state index contributed by atoms with van der Waals surface area (Å²) in [6.45, 7) is 8.30. The zero-order valence-electron chi connectivity index (χ0n) is 37.3. The van der Waals surface area contributed by atoms with Gasteiger partial charge in [0, 0.05) is 88.0 Å². The smallest absolute Gasteiger partial charge is 0.293 e. The first-order valence-corrected chi connectivity index (χ1v) is 22.7. The van der Waals surface area contributed by atoms with Crippen molar-refractivity contribution in [2.24, 2.45) is 0 Å². The third-order valence-electron chi connectivity index (χ3n) is 12.3. The number of hydrogen-bond acceptors (Lipinski definition) is 13. The fourth-order valence-corrected chi connectivity index (χ4v) is 8.66. The zero-order valence-corrected chi connectivity index (χ0v) is 38.1. The number of piperazine rings is 1. The van der Waals surface area contributed by atoms with Gasteiger partial charge in [-0.25, -0.2) is 9.37 Å². The molecule has 2 saturated heterocycles. The van der Waals surface area contributed by atoms with Crippen LogP contribution in [0.5, 0.6) is 5.75 Å². The largest absolute Gasteiger partial charge is 0.478 e. The molecule has 348 valence electrons. The molecular weight excluding hydrogens is 859 g/mol. The molecule has 3 fully saturated rings. The number of piperidine rings is 1. The lowest BCUT2D eigenvalue weighted by Gasteiger charge is -2.36. The van der Waals surface area contributed by atoms with E-state index < -0.39 is 11.9 Å². The normalized spacial score (nSPS) is 17.0. The van der Waals surface area contributed by atoms with Crippen molar-refractivity contribution in [1.29, 1.82) is 0 Å². The van der Waals surface area contributed by atoms with Crippen molar-refractivity contribution in [2.75, 3.05) is 75.1 Å². The maximum atomic E-state index is 15.1. The fourth-order valence-electron chi connectivity index (χ4n) is 8.52. The van der Waals surface area contributed by atoms with Crippen LogP contribution in [-0.4, -0.2) is 122 Å². The van der Waals surface area contributed by atoms with E-state index in [4.69, 9.17) is 26.1 Å². The molecule has 0 bridgehead atoms. The van der Waals surface area contributed by atoms with E-state index in [9.17, 15) is 24.0 Å². The predicted molar refractivity (Wildman–Crippen MR) is 247 cm³/mol. The van der Waals surface area contributed by atoms with Gasteiger partial charge < -0.3 is 54.8 Å². The molecular formula is C46H58ClFN10O7. The molecule has 1 aliphatic carbocycles. The van der Waals surface area contributed by atoms with Crippen molar-refractivity contribution in [2.45, 2.75) is 89.6 Å². The Morgan fingerprint density at radius 1 is 0.985 bits per heavy atom. The van der Waals surface area contributed by atoms with Gasteiger partial charge in [-0.1, -0.05) is 11.6 Å². The molecule has 4 aliphatic rings. The Kier molecular flexibility index (Phi) is 15.5. The van der Waals surface area contributed by atoms with E-state index in [1.807, 2.05) is 36.9 Å². The van der Waals surface area contributed by atoms with Gasteiger partial charge in [-0.05, 0) is 88.8 Å². The van der Waals surface area contributed by atoms with E-state index in [-0.39, 0.29) is 61.1 Å². The summed E-state index contributed by atoms with van der Waals surface area (Å²) >= 11 is 6.47. The second-order valence-corrected chi connectivity index (χ2v) is 17.3. The molecule has 0 spiro atoms. The lowest BCUT2D eigenvalue weighted by molar-refractivity contribution is -0.125. The molecule has 2 aromatic carbocycles. The highest BCUT2D eigenvalue weighted by Gasteiger charge is 2.38. The van der Waals surface area contributed by atoms with Crippen molar-refractivity contribution in [1.82, 2.24) is 35.4 Å². The minimum atomic E-state index is -0.785. The van der Waals surface area contributed by atoms with Crippen LogP contribution >= 0.6 is 11.6 Å². The number of benzene rings is 2. The van der Waals surface area contributed by atoms with Crippen LogP contribution in [0.3, 0.4) is 0 Å². The van der Waals surface area contributed by atoms with E-state index in [2.05, 4.69) is 31.2 Å². The van der Waals surface area contributed by atoms with Crippen LogP contribution in [0.1, 0.15) is 80.8 Å². The summed E-state index contributed by atoms with van der Waals surface area (Å²) in [4.78, 5) is 75.1. The predicted octanol–water partition coefficient (Wildman–Crippen LogP) is 4.72. The number of nitrogens with zero attached hydrogens (tertiary/aromatic N) is 6. The molecule has 65 heavy (non-hydrogen) atoms. The van der Waals surface area contributed by atoms with Crippen LogP contribution in [0, 0.1) is 5.82 Å². The highest BCUT2D eigenvalue weighted by molar-refractivity contribution is 6.33. The summed E-state index contributed by atoms with van der Waals surface area (Å²) in [6, 6.07) is 9.71. The van der Waals surface area contributed by atoms with Crippen LogP contribution in [0.4, 0.5) is 27.5 Å². The Labute approximate surface area is 382 Å². The lowest BCUT2D eigenvalue weighted by atomic mass is 9.95. The number of aromatic nitrogens is 3. The molecule has 3 aliphatic heterocycles. The van der Waals surface area contributed by atoms with Crippen LogP contribution < -0.4 is 41.4 Å². The Morgan fingerprint density at radius 2 is 1.72 bits per heavy atom. The first-order chi connectivity index (χ1) is 31.4. The molecule has 1 atom stereocenters. The molecule has 8 rings (SSSR count). The molecule has 1 saturated carbocycles. The molecule has 4 aromatic rings. The lowest BCUT2D eigenvalue weighted by Crippen LogP contribution is -2.46. The first-order valence-electron chi connectivity index (χ1n) is 22.4. The quantitative estimate of drug-likeness (QED) is 0.120. The summed E-state index contributed by atoms with van der Waals surface area (Å²) in [5, 5.41) is 12.7. The molecule has 17 nitrogen and oxygen atoms in total. The number of aldehydes is 1. The van der Waals surface area contributed by atoms with Crippen molar-refractivity contribution in [3.8, 4) is 5.75 Å². The topological polar surface area (TPSA) is 192 Å².